The normalized spacial score (nSPS) is 24.3. The second kappa shape index (κ2) is 4.95. The molecule has 1 nitrogen and oxygen atoms in total. The van der Waals surface area contributed by atoms with E-state index in [0.717, 1.165) is 0 Å². The third-order valence-electron chi connectivity index (χ3n) is 4.02. The number of benzene rings is 2. The van der Waals surface area contributed by atoms with Crippen molar-refractivity contribution in [2.24, 2.45) is 0 Å². The molecule has 0 aromatic heterocycles. The summed E-state index contributed by atoms with van der Waals surface area (Å²) in [6, 6.07) is 22.3. The lowest BCUT2D eigenvalue weighted by molar-refractivity contribution is 0.304. The zero-order valence-corrected chi connectivity index (χ0v) is 10.8. The van der Waals surface area contributed by atoms with Gasteiger partial charge in [0.2, 0.25) is 0 Å². The molecule has 0 bridgehead atoms. The van der Waals surface area contributed by atoms with E-state index in [4.69, 9.17) is 0 Å². The van der Waals surface area contributed by atoms with Crippen LogP contribution in [-0.2, 0) is 0 Å². The van der Waals surface area contributed by atoms with Crippen LogP contribution < -0.4 is 0 Å². The van der Waals surface area contributed by atoms with Crippen molar-refractivity contribution in [3.8, 4) is 0 Å². The first-order valence-corrected chi connectivity index (χ1v) is 6.66. The lowest BCUT2D eigenvalue weighted by Crippen LogP contribution is -2.20. The predicted octanol–water partition coefficient (Wildman–Crippen LogP) is 3.85. The van der Waals surface area contributed by atoms with Gasteiger partial charge in [0, 0.05) is 12.0 Å². The molecule has 0 saturated carbocycles. The van der Waals surface area contributed by atoms with E-state index in [1.54, 1.807) is 0 Å². The van der Waals surface area contributed by atoms with E-state index in [9.17, 15) is 0 Å². The molecule has 0 aliphatic carbocycles. The van der Waals surface area contributed by atoms with Crippen molar-refractivity contribution in [3.63, 3.8) is 0 Å². The van der Waals surface area contributed by atoms with E-state index in [0.29, 0.717) is 12.0 Å². The van der Waals surface area contributed by atoms with E-state index < -0.39 is 0 Å². The molecule has 92 valence electrons. The smallest absolute Gasteiger partial charge is 0.0414 e. The molecular weight excluding hydrogens is 218 g/mol. The van der Waals surface area contributed by atoms with Gasteiger partial charge < -0.3 is 0 Å². The number of nitrogens with zero attached hydrogens (tertiary/aromatic N) is 1. The molecule has 0 unspecified atom stereocenters. The Morgan fingerprint density at radius 1 is 0.833 bits per heavy atom. The van der Waals surface area contributed by atoms with Crippen molar-refractivity contribution >= 4 is 0 Å². The lowest BCUT2D eigenvalue weighted by Gasteiger charge is -2.25. The van der Waals surface area contributed by atoms with Crippen molar-refractivity contribution in [1.29, 1.82) is 0 Å². The molecule has 1 saturated heterocycles. The Kier molecular flexibility index (Phi) is 3.16. The molecule has 0 radical (unpaired) electrons. The second-order valence-corrected chi connectivity index (χ2v) is 5.14. The third-order valence-corrected chi connectivity index (χ3v) is 4.02. The molecule has 1 heteroatoms. The van der Waals surface area contributed by atoms with Crippen LogP contribution in [-0.4, -0.2) is 18.5 Å². The van der Waals surface area contributed by atoms with Gasteiger partial charge in [0.25, 0.3) is 0 Å². The van der Waals surface area contributed by atoms with Gasteiger partial charge in [-0.2, -0.15) is 0 Å². The number of likely N-dealkylation sites (tertiary alicyclic amines) is 1. The molecule has 0 spiro atoms. The molecule has 2 aromatic carbocycles. The van der Waals surface area contributed by atoms with Gasteiger partial charge in [0.15, 0.2) is 0 Å². The Morgan fingerprint density at radius 2 is 1.39 bits per heavy atom. The minimum atomic E-state index is 0.522. The summed E-state index contributed by atoms with van der Waals surface area (Å²) in [5.74, 6) is 0.624. The van der Waals surface area contributed by atoms with Crippen LogP contribution in [0.1, 0.15) is 29.5 Å². The molecular formula is C17H19N. The summed E-state index contributed by atoms with van der Waals surface area (Å²) in [6.45, 7) is 1.18. The van der Waals surface area contributed by atoms with Crippen LogP contribution in [0, 0.1) is 0 Å². The Hall–Kier alpha value is -1.60. The minimum absolute atomic E-state index is 0.522. The van der Waals surface area contributed by atoms with Crippen molar-refractivity contribution < 1.29 is 0 Å². The fraction of sp³-hybridized carbons (Fsp3) is 0.294. The number of hydrogen-bond donors (Lipinski definition) is 0. The molecule has 1 heterocycles. The highest BCUT2D eigenvalue weighted by Gasteiger charge is 2.33. The molecule has 0 amide bonds. The number of likely N-dealkylation sites (N-methyl/N-ethyl adjacent to an activating group) is 1. The molecule has 2 atom stereocenters. The first kappa shape index (κ1) is 11.5. The topological polar surface area (TPSA) is 3.24 Å². The highest BCUT2D eigenvalue weighted by atomic mass is 15.2. The molecule has 1 fully saturated rings. The van der Waals surface area contributed by atoms with Crippen LogP contribution in [0.4, 0.5) is 0 Å². The Labute approximate surface area is 109 Å². The van der Waals surface area contributed by atoms with E-state index in [-0.39, 0.29) is 0 Å². The van der Waals surface area contributed by atoms with Gasteiger partial charge in [-0.25, -0.2) is 0 Å². The minimum Gasteiger partial charge on any atom is -0.299 e. The van der Waals surface area contributed by atoms with Crippen LogP contribution in [0.15, 0.2) is 60.7 Å². The zero-order chi connectivity index (χ0) is 12.4. The van der Waals surface area contributed by atoms with Crippen LogP contribution in [0.2, 0.25) is 0 Å². The van der Waals surface area contributed by atoms with Crippen molar-refractivity contribution in [1.82, 2.24) is 4.90 Å². The van der Waals surface area contributed by atoms with Gasteiger partial charge >= 0.3 is 0 Å². The second-order valence-electron chi connectivity index (χ2n) is 5.14. The molecule has 2 aromatic rings. The highest BCUT2D eigenvalue weighted by molar-refractivity contribution is 5.29. The van der Waals surface area contributed by atoms with E-state index >= 15 is 0 Å². The molecule has 1 aliphatic heterocycles. The first-order chi connectivity index (χ1) is 8.86. The summed E-state index contributed by atoms with van der Waals surface area (Å²) < 4.78 is 0. The lowest BCUT2D eigenvalue weighted by atomic mass is 9.88. The van der Waals surface area contributed by atoms with Gasteiger partial charge in [-0.15, -0.1) is 0 Å². The monoisotopic (exact) mass is 237 g/mol. The van der Waals surface area contributed by atoms with Crippen LogP contribution in [0.25, 0.3) is 0 Å². The summed E-state index contributed by atoms with van der Waals surface area (Å²) >= 11 is 0. The Bertz CT molecular complexity index is 492. The SMILES string of the molecule is CN1CC[C@@H](c2ccccc2)[C@H]1c1ccccc1. The van der Waals surface area contributed by atoms with Gasteiger partial charge in [0.05, 0.1) is 0 Å². The quantitative estimate of drug-likeness (QED) is 0.767. The zero-order valence-electron chi connectivity index (χ0n) is 10.8. The summed E-state index contributed by atoms with van der Waals surface area (Å²) in [4.78, 5) is 2.48. The maximum Gasteiger partial charge on any atom is 0.0414 e. The van der Waals surface area contributed by atoms with Gasteiger partial charge in [-0.05, 0) is 31.1 Å². The van der Waals surface area contributed by atoms with Gasteiger partial charge in [-0.1, -0.05) is 60.7 Å². The Morgan fingerprint density at radius 3 is 2.00 bits per heavy atom. The van der Waals surface area contributed by atoms with Crippen molar-refractivity contribution in [2.75, 3.05) is 13.6 Å². The molecule has 0 N–H and O–H groups in total. The molecule has 18 heavy (non-hydrogen) atoms. The summed E-state index contributed by atoms with van der Waals surface area (Å²) in [5.41, 5.74) is 2.90. The average molecular weight is 237 g/mol. The van der Waals surface area contributed by atoms with Crippen LogP contribution in [0.3, 0.4) is 0 Å². The number of hydrogen-bond acceptors (Lipinski definition) is 1. The van der Waals surface area contributed by atoms with E-state index in [2.05, 4.69) is 72.6 Å². The summed E-state index contributed by atoms with van der Waals surface area (Å²) in [5, 5.41) is 0. The fourth-order valence-electron chi connectivity index (χ4n) is 3.13. The van der Waals surface area contributed by atoms with Crippen LogP contribution in [0.5, 0.6) is 0 Å². The van der Waals surface area contributed by atoms with Crippen molar-refractivity contribution in [2.45, 2.75) is 18.4 Å². The maximum absolute atomic E-state index is 2.48. The Balaban J connectivity index is 1.96. The number of rotatable bonds is 2. The highest BCUT2D eigenvalue weighted by Crippen LogP contribution is 2.42. The standard InChI is InChI=1S/C17H19N/c1-18-13-12-16(14-8-4-2-5-9-14)17(18)15-10-6-3-7-11-15/h2-11,16-17H,12-13H2,1H3/t16-,17+/m0/s1. The first-order valence-electron chi connectivity index (χ1n) is 6.66. The van der Waals surface area contributed by atoms with Gasteiger partial charge in [-0.3, -0.25) is 4.90 Å². The summed E-state index contributed by atoms with van der Waals surface area (Å²) in [6.07, 6.45) is 1.25. The van der Waals surface area contributed by atoms with E-state index in [1.807, 2.05) is 0 Å². The fourth-order valence-corrected chi connectivity index (χ4v) is 3.13. The van der Waals surface area contributed by atoms with Crippen molar-refractivity contribution in [3.05, 3.63) is 71.8 Å². The third kappa shape index (κ3) is 2.06. The summed E-state index contributed by atoms with van der Waals surface area (Å²) in [7, 11) is 2.24. The van der Waals surface area contributed by atoms with Crippen LogP contribution >= 0.6 is 0 Å². The average Bonchev–Trinajstić information content (AvgIpc) is 2.83. The maximum atomic E-state index is 2.48. The predicted molar refractivity (Wildman–Crippen MR) is 75.6 cm³/mol. The molecule has 3 rings (SSSR count). The molecule has 1 aliphatic rings. The van der Waals surface area contributed by atoms with Gasteiger partial charge in [0.1, 0.15) is 0 Å². The van der Waals surface area contributed by atoms with E-state index in [1.165, 1.54) is 24.1 Å². The largest absolute Gasteiger partial charge is 0.299 e.